The molecular weight excluding hydrogens is 330 g/mol. The van der Waals surface area contributed by atoms with Gasteiger partial charge in [0.15, 0.2) is 0 Å². The average Bonchev–Trinajstić information content (AvgIpc) is 2.80. The van der Waals surface area contributed by atoms with Gasteiger partial charge >= 0.3 is 5.97 Å². The van der Waals surface area contributed by atoms with Crippen molar-refractivity contribution in [2.75, 3.05) is 6.54 Å². The predicted molar refractivity (Wildman–Crippen MR) is 79.3 cm³/mol. The van der Waals surface area contributed by atoms with Gasteiger partial charge in [0.2, 0.25) is 0 Å². The van der Waals surface area contributed by atoms with Gasteiger partial charge in [0, 0.05) is 16.0 Å². The largest absolute Gasteiger partial charge is 0.481 e. The number of rotatable bonds is 5. The summed E-state index contributed by atoms with van der Waals surface area (Å²) in [4.78, 5) is 11.1. The van der Waals surface area contributed by atoms with E-state index in [1.807, 2.05) is 18.2 Å². The van der Waals surface area contributed by atoms with Crippen molar-refractivity contribution < 1.29 is 9.90 Å². The lowest BCUT2D eigenvalue weighted by atomic mass is 9.96. The minimum Gasteiger partial charge on any atom is -0.481 e. The van der Waals surface area contributed by atoms with E-state index in [1.54, 1.807) is 0 Å². The molecule has 2 unspecified atom stereocenters. The van der Waals surface area contributed by atoms with Crippen molar-refractivity contribution in [1.82, 2.24) is 5.32 Å². The summed E-state index contributed by atoms with van der Waals surface area (Å²) in [5.74, 6) is -0.582. The maximum absolute atomic E-state index is 11.1. The number of hydrogen-bond donors (Lipinski definition) is 2. The molecule has 1 aromatic rings. The molecule has 0 aromatic heterocycles. The number of aliphatic carboxylic acids is 1. The monoisotopic (exact) mass is 345 g/mol. The van der Waals surface area contributed by atoms with Crippen LogP contribution in [-0.4, -0.2) is 17.6 Å². The van der Waals surface area contributed by atoms with E-state index in [2.05, 4.69) is 21.2 Å². The lowest BCUT2D eigenvalue weighted by Gasteiger charge is -2.16. The normalized spacial score (nSPS) is 22.6. The molecule has 1 fully saturated rings. The molecule has 5 heteroatoms. The van der Waals surface area contributed by atoms with Crippen LogP contribution in [-0.2, 0) is 11.3 Å². The van der Waals surface area contributed by atoms with Gasteiger partial charge in [0.25, 0.3) is 0 Å². The Bertz CT molecular complexity index is 467. The van der Waals surface area contributed by atoms with Crippen molar-refractivity contribution in [2.45, 2.75) is 25.8 Å². The van der Waals surface area contributed by atoms with E-state index in [1.165, 1.54) is 0 Å². The predicted octanol–water partition coefficient (Wildman–Crippen LogP) is 3.69. The van der Waals surface area contributed by atoms with Gasteiger partial charge in [-0.25, -0.2) is 0 Å². The standard InChI is InChI=1S/C14H17BrClNO2/c15-13-6-11(16)5-4-10(13)8-17-7-9-2-1-3-12(9)14(18)19/h4-6,9,12,17H,1-3,7-8H2,(H,18,19). The maximum Gasteiger partial charge on any atom is 0.306 e. The zero-order valence-corrected chi connectivity index (χ0v) is 12.9. The summed E-state index contributed by atoms with van der Waals surface area (Å²) in [7, 11) is 0. The van der Waals surface area contributed by atoms with E-state index in [4.69, 9.17) is 16.7 Å². The molecule has 1 aliphatic rings. The summed E-state index contributed by atoms with van der Waals surface area (Å²) in [6.07, 6.45) is 2.84. The molecule has 0 bridgehead atoms. The molecule has 1 aromatic carbocycles. The Morgan fingerprint density at radius 2 is 2.26 bits per heavy atom. The molecular formula is C14H17BrClNO2. The first-order valence-corrected chi connectivity index (χ1v) is 7.62. The maximum atomic E-state index is 11.1. The van der Waals surface area contributed by atoms with Crippen molar-refractivity contribution in [3.8, 4) is 0 Å². The van der Waals surface area contributed by atoms with E-state index in [-0.39, 0.29) is 11.8 Å². The topological polar surface area (TPSA) is 49.3 Å². The first-order chi connectivity index (χ1) is 9.08. The van der Waals surface area contributed by atoms with E-state index in [0.29, 0.717) is 5.02 Å². The van der Waals surface area contributed by atoms with E-state index >= 15 is 0 Å². The zero-order valence-electron chi connectivity index (χ0n) is 10.5. The number of halogens is 2. The summed E-state index contributed by atoms with van der Waals surface area (Å²) in [5, 5.41) is 13.2. The molecule has 19 heavy (non-hydrogen) atoms. The van der Waals surface area contributed by atoms with Crippen LogP contribution in [0.3, 0.4) is 0 Å². The van der Waals surface area contributed by atoms with Gasteiger partial charge < -0.3 is 10.4 Å². The Kier molecular flexibility index (Phi) is 5.25. The molecule has 0 amide bonds. The van der Waals surface area contributed by atoms with Gasteiger partial charge in [-0.3, -0.25) is 4.79 Å². The number of hydrogen-bond acceptors (Lipinski definition) is 2. The van der Waals surface area contributed by atoms with Crippen molar-refractivity contribution in [3.63, 3.8) is 0 Å². The highest BCUT2D eigenvalue weighted by Gasteiger charge is 2.32. The Morgan fingerprint density at radius 1 is 1.47 bits per heavy atom. The summed E-state index contributed by atoms with van der Waals surface area (Å²) in [6.45, 7) is 1.48. The number of carboxylic acids is 1. The van der Waals surface area contributed by atoms with Crippen LogP contribution in [0.15, 0.2) is 22.7 Å². The summed E-state index contributed by atoms with van der Waals surface area (Å²) < 4.78 is 0.980. The van der Waals surface area contributed by atoms with Crippen molar-refractivity contribution in [3.05, 3.63) is 33.3 Å². The summed E-state index contributed by atoms with van der Waals surface area (Å²) in [5.41, 5.74) is 1.13. The minimum absolute atomic E-state index is 0.179. The smallest absolute Gasteiger partial charge is 0.306 e. The molecule has 2 atom stereocenters. The van der Waals surface area contributed by atoms with Crippen LogP contribution in [0, 0.1) is 11.8 Å². The van der Waals surface area contributed by atoms with Crippen LogP contribution in [0.25, 0.3) is 0 Å². The van der Waals surface area contributed by atoms with Crippen LogP contribution in [0.2, 0.25) is 5.02 Å². The van der Waals surface area contributed by atoms with Gasteiger partial charge in [-0.15, -0.1) is 0 Å². The third kappa shape index (κ3) is 3.94. The quantitative estimate of drug-likeness (QED) is 0.855. The zero-order chi connectivity index (χ0) is 13.8. The lowest BCUT2D eigenvalue weighted by Crippen LogP contribution is -2.28. The first kappa shape index (κ1) is 14.8. The number of benzene rings is 1. The SMILES string of the molecule is O=C(O)C1CCCC1CNCc1ccc(Cl)cc1Br. The lowest BCUT2D eigenvalue weighted by molar-refractivity contribution is -0.142. The van der Waals surface area contributed by atoms with Crippen LogP contribution in [0.5, 0.6) is 0 Å². The fourth-order valence-electron chi connectivity index (χ4n) is 2.66. The molecule has 1 aliphatic carbocycles. The number of carbonyl (C=O) groups is 1. The second-order valence-electron chi connectivity index (χ2n) is 5.00. The minimum atomic E-state index is -0.656. The molecule has 0 spiro atoms. The van der Waals surface area contributed by atoms with Crippen LogP contribution in [0.4, 0.5) is 0 Å². The number of nitrogens with one attached hydrogen (secondary N) is 1. The van der Waals surface area contributed by atoms with Gasteiger partial charge in [0.05, 0.1) is 5.92 Å². The molecule has 0 heterocycles. The molecule has 3 nitrogen and oxygen atoms in total. The Balaban J connectivity index is 1.84. The molecule has 1 saturated carbocycles. The fraction of sp³-hybridized carbons (Fsp3) is 0.500. The average molecular weight is 347 g/mol. The van der Waals surface area contributed by atoms with Gasteiger partial charge in [-0.1, -0.05) is 40.0 Å². The summed E-state index contributed by atoms with van der Waals surface area (Å²) >= 11 is 9.37. The second-order valence-corrected chi connectivity index (χ2v) is 6.29. The Hall–Kier alpha value is -0.580. The van der Waals surface area contributed by atoms with Crippen LogP contribution in [0.1, 0.15) is 24.8 Å². The van der Waals surface area contributed by atoms with Gasteiger partial charge in [-0.05, 0) is 43.0 Å². The Labute approximate surface area is 126 Å². The fourth-order valence-corrected chi connectivity index (χ4v) is 3.49. The van der Waals surface area contributed by atoms with Crippen molar-refractivity contribution in [1.29, 1.82) is 0 Å². The van der Waals surface area contributed by atoms with E-state index < -0.39 is 5.97 Å². The van der Waals surface area contributed by atoms with Gasteiger partial charge in [-0.2, -0.15) is 0 Å². The molecule has 2 N–H and O–H groups in total. The molecule has 0 radical (unpaired) electrons. The third-order valence-electron chi connectivity index (χ3n) is 3.71. The van der Waals surface area contributed by atoms with Crippen LogP contribution >= 0.6 is 27.5 Å². The highest BCUT2D eigenvalue weighted by molar-refractivity contribution is 9.10. The first-order valence-electron chi connectivity index (χ1n) is 6.45. The highest BCUT2D eigenvalue weighted by atomic mass is 79.9. The van der Waals surface area contributed by atoms with Crippen molar-refractivity contribution in [2.24, 2.45) is 11.8 Å². The van der Waals surface area contributed by atoms with Crippen LogP contribution < -0.4 is 5.32 Å². The molecule has 0 aliphatic heterocycles. The molecule has 0 saturated heterocycles. The number of carboxylic acid groups (broad SMARTS) is 1. The molecule has 104 valence electrons. The Morgan fingerprint density at radius 3 is 2.95 bits per heavy atom. The third-order valence-corrected chi connectivity index (χ3v) is 4.69. The molecule has 2 rings (SSSR count). The van der Waals surface area contributed by atoms with E-state index in [9.17, 15) is 4.79 Å². The summed E-state index contributed by atoms with van der Waals surface area (Å²) in [6, 6.07) is 5.70. The van der Waals surface area contributed by atoms with Crippen molar-refractivity contribution >= 4 is 33.5 Å². The second kappa shape index (κ2) is 6.73. The highest BCUT2D eigenvalue weighted by Crippen LogP contribution is 2.31. The van der Waals surface area contributed by atoms with E-state index in [0.717, 1.165) is 42.4 Å². The van der Waals surface area contributed by atoms with Gasteiger partial charge in [0.1, 0.15) is 0 Å².